The van der Waals surface area contributed by atoms with Gasteiger partial charge in [0.05, 0.1) is 6.20 Å². The van der Waals surface area contributed by atoms with Crippen LogP contribution in [0.15, 0.2) is 23.0 Å². The Labute approximate surface area is 135 Å². The number of nitrogens with zero attached hydrogens (tertiary/aromatic N) is 4. The van der Waals surface area contributed by atoms with Crippen molar-refractivity contribution < 1.29 is 4.42 Å². The number of anilines is 1. The maximum Gasteiger partial charge on any atom is 0.191 e. The first kappa shape index (κ1) is 14.2. The molecule has 1 N–H and O–H groups in total. The van der Waals surface area contributed by atoms with E-state index in [9.17, 15) is 0 Å². The van der Waals surface area contributed by atoms with Gasteiger partial charge in [-0.05, 0) is 19.8 Å². The van der Waals surface area contributed by atoms with Crippen molar-refractivity contribution in [1.29, 1.82) is 0 Å². The Morgan fingerprint density at radius 1 is 1.13 bits per heavy atom. The first-order valence-corrected chi connectivity index (χ1v) is 8.25. The van der Waals surface area contributed by atoms with Crippen molar-refractivity contribution in [1.82, 2.24) is 19.4 Å². The molecular weight excluding hydrogens is 290 g/mol. The van der Waals surface area contributed by atoms with E-state index >= 15 is 0 Å². The summed E-state index contributed by atoms with van der Waals surface area (Å²) in [6.45, 7) is 3.80. The Hall–Kier alpha value is -2.37. The predicted molar refractivity (Wildman–Crippen MR) is 88.5 cm³/mol. The van der Waals surface area contributed by atoms with Crippen molar-refractivity contribution in [3.8, 4) is 11.4 Å². The SMILES string of the molecule is Cc1nc(-c2nc3cnccn3c2NC2CCCCC2)c(C)o1. The molecule has 4 rings (SSSR count). The molecule has 120 valence electrons. The number of nitrogens with one attached hydrogen (secondary N) is 1. The van der Waals surface area contributed by atoms with Gasteiger partial charge in [-0.2, -0.15) is 0 Å². The smallest absolute Gasteiger partial charge is 0.191 e. The van der Waals surface area contributed by atoms with Crippen molar-refractivity contribution in [2.24, 2.45) is 0 Å². The van der Waals surface area contributed by atoms with E-state index in [0.717, 1.165) is 28.6 Å². The standard InChI is InChI=1S/C17H21N5O/c1-11-15(19-12(2)23-11)16-17(20-13-6-4-3-5-7-13)22-9-8-18-10-14(22)21-16/h8-10,13,20H,3-7H2,1-2H3. The lowest BCUT2D eigenvalue weighted by Crippen LogP contribution is -2.23. The zero-order chi connectivity index (χ0) is 15.8. The van der Waals surface area contributed by atoms with E-state index in [4.69, 9.17) is 9.40 Å². The van der Waals surface area contributed by atoms with Crippen LogP contribution in [-0.2, 0) is 0 Å². The van der Waals surface area contributed by atoms with E-state index in [0.29, 0.717) is 11.9 Å². The number of imidazole rings is 1. The highest BCUT2D eigenvalue weighted by Crippen LogP contribution is 2.32. The summed E-state index contributed by atoms with van der Waals surface area (Å²) >= 11 is 0. The molecule has 1 aliphatic rings. The number of fused-ring (bicyclic) bond motifs is 1. The molecule has 0 spiro atoms. The van der Waals surface area contributed by atoms with Crippen LogP contribution in [0.4, 0.5) is 5.82 Å². The Kier molecular flexibility index (Phi) is 3.52. The van der Waals surface area contributed by atoms with Gasteiger partial charge < -0.3 is 9.73 Å². The fourth-order valence-electron chi connectivity index (χ4n) is 3.40. The molecule has 0 bridgehead atoms. The minimum atomic E-state index is 0.490. The average molecular weight is 311 g/mol. The molecular formula is C17H21N5O. The summed E-state index contributed by atoms with van der Waals surface area (Å²) in [5.74, 6) is 2.45. The van der Waals surface area contributed by atoms with Crippen LogP contribution in [0.3, 0.4) is 0 Å². The lowest BCUT2D eigenvalue weighted by Gasteiger charge is -2.23. The second kappa shape index (κ2) is 5.68. The zero-order valence-electron chi connectivity index (χ0n) is 13.5. The lowest BCUT2D eigenvalue weighted by molar-refractivity contribution is 0.461. The van der Waals surface area contributed by atoms with Crippen LogP contribution in [0.5, 0.6) is 0 Å². The first-order chi connectivity index (χ1) is 11.2. The van der Waals surface area contributed by atoms with E-state index in [1.807, 2.05) is 20.0 Å². The molecule has 1 saturated carbocycles. The summed E-state index contributed by atoms with van der Waals surface area (Å²) in [5, 5.41) is 3.70. The molecule has 0 unspecified atom stereocenters. The van der Waals surface area contributed by atoms with Crippen molar-refractivity contribution >= 4 is 11.5 Å². The fourth-order valence-corrected chi connectivity index (χ4v) is 3.40. The van der Waals surface area contributed by atoms with E-state index in [2.05, 4.69) is 19.7 Å². The fraction of sp³-hybridized carbons (Fsp3) is 0.471. The maximum atomic E-state index is 5.61. The second-order valence-corrected chi connectivity index (χ2v) is 6.23. The molecule has 0 saturated heterocycles. The molecule has 0 atom stereocenters. The molecule has 3 aromatic heterocycles. The Morgan fingerprint density at radius 3 is 2.70 bits per heavy atom. The number of hydrogen-bond acceptors (Lipinski definition) is 5. The molecule has 3 heterocycles. The minimum Gasteiger partial charge on any atom is -0.446 e. The molecule has 0 radical (unpaired) electrons. The molecule has 6 heteroatoms. The van der Waals surface area contributed by atoms with Gasteiger partial charge in [0.15, 0.2) is 11.5 Å². The highest BCUT2D eigenvalue weighted by molar-refractivity contribution is 5.75. The van der Waals surface area contributed by atoms with Crippen molar-refractivity contribution in [2.75, 3.05) is 5.32 Å². The zero-order valence-corrected chi connectivity index (χ0v) is 13.5. The van der Waals surface area contributed by atoms with Gasteiger partial charge in [-0.1, -0.05) is 19.3 Å². The van der Waals surface area contributed by atoms with E-state index < -0.39 is 0 Å². The van der Waals surface area contributed by atoms with Gasteiger partial charge >= 0.3 is 0 Å². The highest BCUT2D eigenvalue weighted by atomic mass is 16.4. The molecule has 0 aromatic carbocycles. The number of rotatable bonds is 3. The van der Waals surface area contributed by atoms with Gasteiger partial charge in [-0.15, -0.1) is 0 Å². The van der Waals surface area contributed by atoms with Crippen LogP contribution in [0.25, 0.3) is 17.0 Å². The van der Waals surface area contributed by atoms with Gasteiger partial charge in [0.25, 0.3) is 0 Å². The van der Waals surface area contributed by atoms with E-state index in [1.54, 1.807) is 12.4 Å². The largest absolute Gasteiger partial charge is 0.446 e. The second-order valence-electron chi connectivity index (χ2n) is 6.23. The molecule has 6 nitrogen and oxygen atoms in total. The molecule has 0 aliphatic heterocycles. The van der Waals surface area contributed by atoms with Crippen LogP contribution in [0.1, 0.15) is 43.8 Å². The van der Waals surface area contributed by atoms with Crippen LogP contribution in [0.2, 0.25) is 0 Å². The van der Waals surface area contributed by atoms with Crippen molar-refractivity contribution in [2.45, 2.75) is 52.0 Å². The highest BCUT2D eigenvalue weighted by Gasteiger charge is 2.22. The monoisotopic (exact) mass is 311 g/mol. The summed E-state index contributed by atoms with van der Waals surface area (Å²) < 4.78 is 7.66. The third kappa shape index (κ3) is 2.58. The van der Waals surface area contributed by atoms with Gasteiger partial charge in [-0.3, -0.25) is 9.38 Å². The van der Waals surface area contributed by atoms with Crippen LogP contribution in [0, 0.1) is 13.8 Å². The van der Waals surface area contributed by atoms with Crippen LogP contribution in [-0.4, -0.2) is 25.4 Å². The van der Waals surface area contributed by atoms with E-state index in [1.165, 1.54) is 32.1 Å². The predicted octanol–water partition coefficient (Wildman–Crippen LogP) is 3.75. The first-order valence-electron chi connectivity index (χ1n) is 8.25. The van der Waals surface area contributed by atoms with E-state index in [-0.39, 0.29) is 0 Å². The van der Waals surface area contributed by atoms with Crippen LogP contribution >= 0.6 is 0 Å². The van der Waals surface area contributed by atoms with Crippen molar-refractivity contribution in [3.63, 3.8) is 0 Å². The third-order valence-corrected chi connectivity index (χ3v) is 4.50. The number of oxazole rings is 1. The maximum absolute atomic E-state index is 5.61. The Morgan fingerprint density at radius 2 is 1.96 bits per heavy atom. The Bertz CT molecular complexity index is 829. The normalized spacial score (nSPS) is 16.1. The molecule has 0 amide bonds. The Balaban J connectivity index is 1.82. The van der Waals surface area contributed by atoms with Crippen molar-refractivity contribution in [3.05, 3.63) is 30.2 Å². The summed E-state index contributed by atoms with van der Waals surface area (Å²) in [6, 6.07) is 0.490. The number of aryl methyl sites for hydroxylation is 2. The average Bonchev–Trinajstić information content (AvgIpc) is 3.08. The third-order valence-electron chi connectivity index (χ3n) is 4.50. The molecule has 1 fully saturated rings. The quantitative estimate of drug-likeness (QED) is 0.798. The van der Waals surface area contributed by atoms with Gasteiger partial charge in [-0.25, -0.2) is 9.97 Å². The van der Waals surface area contributed by atoms with Gasteiger partial charge in [0.1, 0.15) is 23.0 Å². The topological polar surface area (TPSA) is 68.2 Å². The molecule has 23 heavy (non-hydrogen) atoms. The summed E-state index contributed by atoms with van der Waals surface area (Å²) in [7, 11) is 0. The minimum absolute atomic E-state index is 0.490. The molecule has 1 aliphatic carbocycles. The molecule has 3 aromatic rings. The lowest BCUT2D eigenvalue weighted by atomic mass is 9.95. The summed E-state index contributed by atoms with van der Waals surface area (Å²) in [5.41, 5.74) is 2.48. The van der Waals surface area contributed by atoms with Crippen LogP contribution < -0.4 is 5.32 Å². The summed E-state index contributed by atoms with van der Waals surface area (Å²) in [4.78, 5) is 13.4. The van der Waals surface area contributed by atoms with Gasteiger partial charge in [0.2, 0.25) is 0 Å². The number of hydrogen-bond donors (Lipinski definition) is 1. The number of aromatic nitrogens is 4. The summed E-state index contributed by atoms with van der Waals surface area (Å²) in [6.07, 6.45) is 11.8. The van der Waals surface area contributed by atoms with Gasteiger partial charge in [0, 0.05) is 25.4 Å².